The number of hydrogen-bond acceptors (Lipinski definition) is 5. The first-order valence-electron chi connectivity index (χ1n) is 11.2. The number of nitrogens with one attached hydrogen (secondary N) is 1. The van der Waals surface area contributed by atoms with Crippen molar-refractivity contribution in [3.05, 3.63) is 47.8 Å². The number of ether oxygens (including phenoxy) is 1. The fourth-order valence-electron chi connectivity index (χ4n) is 4.28. The van der Waals surface area contributed by atoms with Crippen molar-refractivity contribution < 1.29 is 28.6 Å². The molecule has 1 fully saturated rings. The van der Waals surface area contributed by atoms with E-state index in [1.807, 2.05) is 12.2 Å². The maximum absolute atomic E-state index is 13.2. The van der Waals surface area contributed by atoms with E-state index in [1.54, 1.807) is 17.0 Å². The number of cyclic esters (lactones) is 1. The molecule has 2 aliphatic heterocycles. The number of nitrogens with zero attached hydrogens (tertiary/aromatic N) is 1. The van der Waals surface area contributed by atoms with Crippen LogP contribution < -0.4 is 5.32 Å². The Bertz CT molecular complexity index is 826. The lowest BCUT2D eigenvalue weighted by molar-refractivity contribution is -0.152. The third-order valence-electron chi connectivity index (χ3n) is 6.03. The normalized spacial score (nSPS) is 25.3. The SMILES string of the molecule is O=C(C[C@@H]1C/C=C\C[C@H](Cc2ccc(F)cc2)C(=O)OC[C@H]2CCCN2C1=O)NCCO. The summed E-state index contributed by atoms with van der Waals surface area (Å²) in [4.78, 5) is 39.9. The molecule has 174 valence electrons. The number of allylic oxidation sites excluding steroid dienone is 2. The average Bonchev–Trinajstić information content (AvgIpc) is 3.26. The third kappa shape index (κ3) is 6.63. The van der Waals surface area contributed by atoms with Gasteiger partial charge in [-0.15, -0.1) is 0 Å². The highest BCUT2D eigenvalue weighted by Gasteiger charge is 2.35. The molecule has 2 amide bonds. The Morgan fingerprint density at radius 1 is 1.16 bits per heavy atom. The summed E-state index contributed by atoms with van der Waals surface area (Å²) in [6, 6.07) is 5.90. The zero-order chi connectivity index (χ0) is 22.9. The van der Waals surface area contributed by atoms with Gasteiger partial charge in [-0.25, -0.2) is 4.39 Å². The largest absolute Gasteiger partial charge is 0.463 e. The quantitative estimate of drug-likeness (QED) is 0.515. The number of benzene rings is 1. The maximum Gasteiger partial charge on any atom is 0.309 e. The second-order valence-electron chi connectivity index (χ2n) is 8.40. The molecule has 3 atom stereocenters. The van der Waals surface area contributed by atoms with E-state index in [0.29, 0.717) is 25.8 Å². The molecular weight excluding hydrogens is 415 g/mol. The number of hydrogen-bond donors (Lipinski definition) is 2. The number of rotatable bonds is 6. The van der Waals surface area contributed by atoms with Crippen LogP contribution in [0, 0.1) is 17.7 Å². The van der Waals surface area contributed by atoms with E-state index in [2.05, 4.69) is 5.32 Å². The molecule has 0 bridgehead atoms. The molecule has 0 unspecified atom stereocenters. The Morgan fingerprint density at radius 2 is 1.88 bits per heavy atom. The molecule has 0 saturated carbocycles. The van der Waals surface area contributed by atoms with Crippen LogP contribution in [0.25, 0.3) is 0 Å². The number of aliphatic hydroxyl groups excluding tert-OH is 1. The van der Waals surface area contributed by atoms with Crippen LogP contribution in [-0.4, -0.2) is 60.1 Å². The summed E-state index contributed by atoms with van der Waals surface area (Å²) >= 11 is 0. The van der Waals surface area contributed by atoms with Crippen molar-refractivity contribution in [1.29, 1.82) is 0 Å². The lowest BCUT2D eigenvalue weighted by atomic mass is 9.94. The van der Waals surface area contributed by atoms with Gasteiger partial charge in [-0.05, 0) is 49.8 Å². The van der Waals surface area contributed by atoms with Gasteiger partial charge in [0.1, 0.15) is 12.4 Å². The molecule has 1 saturated heterocycles. The number of esters is 1. The summed E-state index contributed by atoms with van der Waals surface area (Å²) in [6.45, 7) is 0.721. The summed E-state index contributed by atoms with van der Waals surface area (Å²) < 4.78 is 18.8. The summed E-state index contributed by atoms with van der Waals surface area (Å²) in [5.74, 6) is -1.93. The van der Waals surface area contributed by atoms with Crippen LogP contribution in [0.3, 0.4) is 0 Å². The zero-order valence-corrected chi connectivity index (χ0v) is 18.2. The van der Waals surface area contributed by atoms with Crippen LogP contribution in [0.1, 0.15) is 37.7 Å². The number of halogens is 1. The Labute approximate surface area is 187 Å². The van der Waals surface area contributed by atoms with Gasteiger partial charge in [0, 0.05) is 19.5 Å². The maximum atomic E-state index is 13.2. The zero-order valence-electron chi connectivity index (χ0n) is 18.2. The van der Waals surface area contributed by atoms with Gasteiger partial charge in [0.15, 0.2) is 0 Å². The van der Waals surface area contributed by atoms with Gasteiger partial charge in [0.25, 0.3) is 0 Å². The van der Waals surface area contributed by atoms with E-state index in [1.165, 1.54) is 12.1 Å². The molecule has 32 heavy (non-hydrogen) atoms. The summed E-state index contributed by atoms with van der Waals surface area (Å²) in [7, 11) is 0. The summed E-state index contributed by atoms with van der Waals surface area (Å²) in [6.07, 6.45) is 6.58. The number of amides is 2. The Balaban J connectivity index is 1.74. The van der Waals surface area contributed by atoms with Gasteiger partial charge in [0.05, 0.1) is 24.5 Å². The molecule has 2 aliphatic rings. The predicted molar refractivity (Wildman–Crippen MR) is 116 cm³/mol. The highest BCUT2D eigenvalue weighted by Crippen LogP contribution is 2.25. The van der Waals surface area contributed by atoms with Crippen molar-refractivity contribution in [3.63, 3.8) is 0 Å². The highest BCUT2D eigenvalue weighted by molar-refractivity contribution is 5.86. The van der Waals surface area contributed by atoms with E-state index in [0.717, 1.165) is 18.4 Å². The minimum absolute atomic E-state index is 0.0468. The first-order valence-corrected chi connectivity index (χ1v) is 11.2. The van der Waals surface area contributed by atoms with Crippen molar-refractivity contribution >= 4 is 17.8 Å². The standard InChI is InChI=1S/C24H31FN2O5/c25-20-9-7-17(8-10-20)14-19-5-2-1-4-18(15-22(29)26-11-13-28)23(30)27-12-3-6-21(27)16-32-24(19)31/h1-2,7-10,18-19,21,28H,3-6,11-16H2,(H,26,29)/b2-1-/t18-,19+,21+/m0/s1. The van der Waals surface area contributed by atoms with Gasteiger partial charge in [-0.1, -0.05) is 24.3 Å². The predicted octanol–water partition coefficient (Wildman–Crippen LogP) is 1.98. The van der Waals surface area contributed by atoms with Gasteiger partial charge in [0.2, 0.25) is 11.8 Å². The lowest BCUT2D eigenvalue weighted by Gasteiger charge is -2.29. The summed E-state index contributed by atoms with van der Waals surface area (Å²) in [5, 5.41) is 11.5. The fourth-order valence-corrected chi connectivity index (χ4v) is 4.28. The first kappa shape index (κ1) is 23.9. The molecule has 0 radical (unpaired) electrons. The molecule has 0 aliphatic carbocycles. The number of aliphatic hydroxyl groups is 1. The van der Waals surface area contributed by atoms with Crippen LogP contribution in [0.15, 0.2) is 36.4 Å². The first-order chi connectivity index (χ1) is 15.5. The molecule has 1 aromatic carbocycles. The monoisotopic (exact) mass is 446 g/mol. The minimum atomic E-state index is -0.504. The Hall–Kier alpha value is -2.74. The van der Waals surface area contributed by atoms with Gasteiger partial charge in [-0.3, -0.25) is 14.4 Å². The van der Waals surface area contributed by atoms with Crippen LogP contribution in [0.2, 0.25) is 0 Å². The Morgan fingerprint density at radius 3 is 2.59 bits per heavy atom. The topological polar surface area (TPSA) is 95.9 Å². The Kier molecular flexibility index (Phi) is 8.79. The smallest absolute Gasteiger partial charge is 0.309 e. The van der Waals surface area contributed by atoms with Gasteiger partial charge in [-0.2, -0.15) is 0 Å². The average molecular weight is 447 g/mol. The highest BCUT2D eigenvalue weighted by atomic mass is 19.1. The molecule has 2 heterocycles. The number of carbonyl (C=O) groups is 3. The fraction of sp³-hybridized carbons (Fsp3) is 0.542. The molecule has 1 aromatic rings. The van der Waals surface area contributed by atoms with Crippen molar-refractivity contribution in [2.75, 3.05) is 26.3 Å². The molecule has 8 heteroatoms. The molecule has 0 aromatic heterocycles. The third-order valence-corrected chi connectivity index (χ3v) is 6.03. The minimum Gasteiger partial charge on any atom is -0.463 e. The second kappa shape index (κ2) is 11.8. The van der Waals surface area contributed by atoms with Crippen LogP contribution in [-0.2, 0) is 25.5 Å². The van der Waals surface area contributed by atoms with Gasteiger partial charge >= 0.3 is 5.97 Å². The van der Waals surface area contributed by atoms with E-state index >= 15 is 0 Å². The molecule has 2 N–H and O–H groups in total. The van der Waals surface area contributed by atoms with Crippen molar-refractivity contribution in [2.45, 2.75) is 44.6 Å². The lowest BCUT2D eigenvalue weighted by Crippen LogP contribution is -2.43. The molecule has 7 nitrogen and oxygen atoms in total. The van der Waals surface area contributed by atoms with Crippen LogP contribution in [0.4, 0.5) is 4.39 Å². The van der Waals surface area contributed by atoms with Crippen molar-refractivity contribution in [1.82, 2.24) is 10.2 Å². The van der Waals surface area contributed by atoms with E-state index in [9.17, 15) is 18.8 Å². The molecule has 0 spiro atoms. The molecular formula is C24H31FN2O5. The van der Waals surface area contributed by atoms with E-state index < -0.39 is 11.8 Å². The molecule has 3 rings (SSSR count). The van der Waals surface area contributed by atoms with Crippen LogP contribution in [0.5, 0.6) is 0 Å². The van der Waals surface area contributed by atoms with E-state index in [4.69, 9.17) is 9.84 Å². The van der Waals surface area contributed by atoms with E-state index in [-0.39, 0.29) is 55.8 Å². The van der Waals surface area contributed by atoms with Gasteiger partial charge < -0.3 is 20.1 Å². The van der Waals surface area contributed by atoms with Crippen LogP contribution >= 0.6 is 0 Å². The van der Waals surface area contributed by atoms with Crippen molar-refractivity contribution in [3.8, 4) is 0 Å². The summed E-state index contributed by atoms with van der Waals surface area (Å²) in [5.41, 5.74) is 0.852. The van der Waals surface area contributed by atoms with Crippen molar-refractivity contribution in [2.24, 2.45) is 11.8 Å². The number of carbonyl (C=O) groups excluding carboxylic acids is 3. The second-order valence-corrected chi connectivity index (χ2v) is 8.40. The number of fused-ring (bicyclic) bond motifs is 1.